The van der Waals surface area contributed by atoms with Crippen LogP contribution < -0.4 is 9.80 Å². The minimum Gasteiger partial charge on any atom is -0.454 e. The van der Waals surface area contributed by atoms with E-state index in [9.17, 15) is 0 Å². The van der Waals surface area contributed by atoms with Crippen LogP contribution in [0.2, 0.25) is 0 Å². The second kappa shape index (κ2) is 6.04. The van der Waals surface area contributed by atoms with Gasteiger partial charge < -0.3 is 14.2 Å². The van der Waals surface area contributed by atoms with Gasteiger partial charge in [0.25, 0.3) is 0 Å². The van der Waals surface area contributed by atoms with E-state index in [-0.39, 0.29) is 17.0 Å². The van der Waals surface area contributed by atoms with Crippen LogP contribution in [0.3, 0.4) is 0 Å². The molecule has 3 aromatic rings. The van der Waals surface area contributed by atoms with Gasteiger partial charge in [-0.05, 0) is 30.7 Å². The summed E-state index contributed by atoms with van der Waals surface area (Å²) in [4.78, 5) is 4.94. The molecular weight excluding hydrogens is 368 g/mol. The molecule has 154 valence electrons. The van der Waals surface area contributed by atoms with E-state index in [0.717, 1.165) is 22.3 Å². The maximum atomic E-state index is 6.53. The second-order valence-electron chi connectivity index (χ2n) is 9.61. The number of hydrogen-bond donors (Lipinski definition) is 0. The van der Waals surface area contributed by atoms with Crippen LogP contribution in [0.15, 0.2) is 53.5 Å². The van der Waals surface area contributed by atoms with Crippen LogP contribution in [-0.4, -0.2) is 13.2 Å². The largest absolute Gasteiger partial charge is 0.454 e. The van der Waals surface area contributed by atoms with Crippen molar-refractivity contribution in [1.82, 2.24) is 0 Å². The van der Waals surface area contributed by atoms with Crippen molar-refractivity contribution in [2.45, 2.75) is 46.2 Å². The van der Waals surface area contributed by atoms with Gasteiger partial charge in [0.2, 0.25) is 0 Å². The Kier molecular flexibility index (Phi) is 3.83. The van der Waals surface area contributed by atoms with Crippen molar-refractivity contribution >= 4 is 40.2 Å². The maximum absolute atomic E-state index is 6.53. The zero-order chi connectivity index (χ0) is 21.4. The molecule has 0 fully saturated rings. The SMILES string of the molecule is C=Cc1c(/C=C\C)oc2c3c(ccc12)C(C)(C)C(C)(C)C1N(C)c2ccccc2N31. The van der Waals surface area contributed by atoms with E-state index in [1.807, 2.05) is 25.2 Å². The smallest absolute Gasteiger partial charge is 0.159 e. The molecule has 0 aliphatic carbocycles. The van der Waals surface area contributed by atoms with Crippen molar-refractivity contribution in [2.75, 3.05) is 16.8 Å². The van der Waals surface area contributed by atoms with Crippen LogP contribution in [0.5, 0.6) is 0 Å². The predicted molar refractivity (Wildman–Crippen MR) is 129 cm³/mol. The Hall–Kier alpha value is -2.94. The molecule has 3 nitrogen and oxygen atoms in total. The van der Waals surface area contributed by atoms with Gasteiger partial charge in [0.05, 0.1) is 17.1 Å². The standard InChI is InChI=1S/C27H30N2O/c1-8-12-22-17(9-2)18-15-16-19-23(24(18)30-22)29-21-14-11-10-13-20(21)28(7)25(29)27(5,6)26(19,3)4/h8-16,25H,2H2,1,3-7H3/b12-8-. The molecule has 2 aliphatic heterocycles. The number of rotatable bonds is 2. The van der Waals surface area contributed by atoms with Crippen LogP contribution >= 0.6 is 0 Å². The normalized spacial score (nSPS) is 21.1. The van der Waals surface area contributed by atoms with Gasteiger partial charge in [0.15, 0.2) is 5.58 Å². The molecule has 2 aromatic carbocycles. The van der Waals surface area contributed by atoms with E-state index in [0.29, 0.717) is 0 Å². The summed E-state index contributed by atoms with van der Waals surface area (Å²) < 4.78 is 6.53. The van der Waals surface area contributed by atoms with E-state index < -0.39 is 0 Å². The van der Waals surface area contributed by atoms with Crippen LogP contribution in [0.4, 0.5) is 17.1 Å². The Morgan fingerprint density at radius 3 is 2.40 bits per heavy atom. The number of nitrogens with zero attached hydrogens (tertiary/aromatic N) is 2. The lowest BCUT2D eigenvalue weighted by molar-refractivity contribution is 0.143. The number of benzene rings is 2. The summed E-state index contributed by atoms with van der Waals surface area (Å²) in [5.41, 5.74) is 7.00. The Bertz CT molecular complexity index is 1210. The first-order valence-corrected chi connectivity index (χ1v) is 10.7. The average molecular weight is 399 g/mol. The molecular formula is C27H30N2O. The quantitative estimate of drug-likeness (QED) is 0.450. The molecule has 0 N–H and O–H groups in total. The Morgan fingerprint density at radius 1 is 1.03 bits per heavy atom. The molecule has 2 aliphatic rings. The number of fused-ring (bicyclic) bond motifs is 7. The number of allylic oxidation sites excluding steroid dienone is 1. The van der Waals surface area contributed by atoms with Gasteiger partial charge in [-0.25, -0.2) is 0 Å². The molecule has 0 saturated heterocycles. The van der Waals surface area contributed by atoms with Crippen LogP contribution in [0.25, 0.3) is 23.1 Å². The Morgan fingerprint density at radius 2 is 1.73 bits per heavy atom. The molecule has 5 rings (SSSR count). The maximum Gasteiger partial charge on any atom is 0.159 e. The fourth-order valence-corrected chi connectivity index (χ4v) is 5.54. The molecule has 0 radical (unpaired) electrons. The van der Waals surface area contributed by atoms with Crippen molar-refractivity contribution < 1.29 is 4.42 Å². The van der Waals surface area contributed by atoms with Gasteiger partial charge in [-0.15, -0.1) is 0 Å². The molecule has 1 unspecified atom stereocenters. The summed E-state index contributed by atoms with van der Waals surface area (Å²) in [6, 6.07) is 13.2. The lowest BCUT2D eigenvalue weighted by Crippen LogP contribution is -2.60. The minimum absolute atomic E-state index is 0.00145. The summed E-state index contributed by atoms with van der Waals surface area (Å²) in [5.74, 6) is 0.871. The number of anilines is 3. The van der Waals surface area contributed by atoms with Crippen molar-refractivity contribution in [1.29, 1.82) is 0 Å². The van der Waals surface area contributed by atoms with E-state index in [2.05, 4.69) is 87.5 Å². The molecule has 30 heavy (non-hydrogen) atoms. The highest BCUT2D eigenvalue weighted by Gasteiger charge is 2.57. The first kappa shape index (κ1) is 19.0. The topological polar surface area (TPSA) is 19.6 Å². The molecule has 0 amide bonds. The molecule has 3 heterocycles. The summed E-state index contributed by atoms with van der Waals surface area (Å²) >= 11 is 0. The zero-order valence-corrected chi connectivity index (χ0v) is 18.8. The highest BCUT2D eigenvalue weighted by atomic mass is 16.3. The molecule has 3 heteroatoms. The highest BCUT2D eigenvalue weighted by Crippen LogP contribution is 2.61. The van der Waals surface area contributed by atoms with Crippen LogP contribution in [-0.2, 0) is 5.41 Å². The average Bonchev–Trinajstić information content (AvgIpc) is 3.22. The fourth-order valence-electron chi connectivity index (χ4n) is 5.54. The van der Waals surface area contributed by atoms with Gasteiger partial charge in [-0.1, -0.05) is 70.7 Å². The molecule has 1 aromatic heterocycles. The monoisotopic (exact) mass is 398 g/mol. The van der Waals surface area contributed by atoms with E-state index in [1.54, 1.807) is 0 Å². The number of furan rings is 1. The van der Waals surface area contributed by atoms with Crippen molar-refractivity contribution in [3.05, 3.63) is 65.9 Å². The lowest BCUT2D eigenvalue weighted by atomic mass is 9.59. The minimum atomic E-state index is -0.0457. The van der Waals surface area contributed by atoms with E-state index >= 15 is 0 Å². The van der Waals surface area contributed by atoms with E-state index in [1.165, 1.54) is 22.6 Å². The third kappa shape index (κ3) is 2.10. The van der Waals surface area contributed by atoms with Gasteiger partial charge >= 0.3 is 0 Å². The van der Waals surface area contributed by atoms with Gasteiger partial charge in [0.1, 0.15) is 11.9 Å². The van der Waals surface area contributed by atoms with Crippen LogP contribution in [0.1, 0.15) is 51.5 Å². The first-order valence-electron chi connectivity index (χ1n) is 10.7. The van der Waals surface area contributed by atoms with Crippen molar-refractivity contribution in [2.24, 2.45) is 5.41 Å². The summed E-state index contributed by atoms with van der Waals surface area (Å²) in [7, 11) is 2.22. The second-order valence-corrected chi connectivity index (χ2v) is 9.61. The third-order valence-electron chi connectivity index (χ3n) is 7.72. The molecule has 1 atom stereocenters. The summed E-state index contributed by atoms with van der Waals surface area (Å²) in [6.07, 6.45) is 6.16. The summed E-state index contributed by atoms with van der Waals surface area (Å²) in [5, 5.41) is 1.12. The first-order chi connectivity index (χ1) is 14.3. The van der Waals surface area contributed by atoms with Crippen molar-refractivity contribution in [3.8, 4) is 0 Å². The Balaban J connectivity index is 1.93. The van der Waals surface area contributed by atoms with Gasteiger partial charge in [-0.2, -0.15) is 0 Å². The fraction of sp³-hybridized carbons (Fsp3) is 0.333. The van der Waals surface area contributed by atoms with Crippen LogP contribution in [0, 0.1) is 5.41 Å². The van der Waals surface area contributed by atoms with Gasteiger partial charge in [0, 0.05) is 28.8 Å². The highest BCUT2D eigenvalue weighted by molar-refractivity contribution is 6.03. The molecule has 0 bridgehead atoms. The number of hydrogen-bond acceptors (Lipinski definition) is 3. The van der Waals surface area contributed by atoms with Crippen molar-refractivity contribution in [3.63, 3.8) is 0 Å². The van der Waals surface area contributed by atoms with E-state index in [4.69, 9.17) is 4.42 Å². The predicted octanol–water partition coefficient (Wildman–Crippen LogP) is 7.34. The lowest BCUT2D eigenvalue weighted by Gasteiger charge is -2.56. The Labute approximate surface area is 179 Å². The number of para-hydroxylation sites is 2. The molecule has 0 saturated carbocycles. The van der Waals surface area contributed by atoms with Gasteiger partial charge in [-0.3, -0.25) is 0 Å². The molecule has 0 spiro atoms. The summed E-state index contributed by atoms with van der Waals surface area (Å²) in [6.45, 7) is 15.6. The third-order valence-corrected chi connectivity index (χ3v) is 7.72. The zero-order valence-electron chi connectivity index (χ0n) is 18.8.